The van der Waals surface area contributed by atoms with Crippen molar-refractivity contribution in [3.05, 3.63) is 35.4 Å². The van der Waals surface area contributed by atoms with E-state index in [1.54, 1.807) is 12.1 Å². The molecule has 1 aromatic carbocycles. The molecule has 0 spiro atoms. The van der Waals surface area contributed by atoms with Crippen molar-refractivity contribution in [2.45, 2.75) is 26.2 Å². The highest BCUT2D eigenvalue weighted by Crippen LogP contribution is 2.21. The average molecular weight is 261 g/mol. The van der Waals surface area contributed by atoms with E-state index in [-0.39, 0.29) is 11.5 Å². The minimum Gasteiger partial charge on any atom is -0.478 e. The Hall–Kier alpha value is -1.84. The van der Waals surface area contributed by atoms with Crippen molar-refractivity contribution in [2.24, 2.45) is 5.92 Å². The number of nitrogens with zero attached hydrogens (tertiary/aromatic N) is 1. The molecule has 102 valence electrons. The van der Waals surface area contributed by atoms with Gasteiger partial charge < -0.3 is 10.0 Å². The number of hydrogen-bond donors (Lipinski definition) is 1. The number of rotatable bonds is 3. The molecule has 1 atom stereocenters. The Morgan fingerprint density at radius 3 is 2.47 bits per heavy atom. The molecule has 4 heteroatoms. The maximum atomic E-state index is 12.3. The van der Waals surface area contributed by atoms with Gasteiger partial charge in [0.1, 0.15) is 0 Å². The number of carboxylic acid groups (broad SMARTS) is 1. The van der Waals surface area contributed by atoms with E-state index < -0.39 is 5.97 Å². The molecule has 1 saturated heterocycles. The van der Waals surface area contributed by atoms with E-state index in [0.717, 1.165) is 25.9 Å². The predicted molar refractivity (Wildman–Crippen MR) is 72.3 cm³/mol. The lowest BCUT2D eigenvalue weighted by atomic mass is 9.95. The van der Waals surface area contributed by atoms with E-state index in [1.807, 2.05) is 4.90 Å². The van der Waals surface area contributed by atoms with Crippen LogP contribution in [0.4, 0.5) is 0 Å². The second-order valence-corrected chi connectivity index (χ2v) is 5.05. The Morgan fingerprint density at radius 2 is 1.89 bits per heavy atom. The number of piperidine rings is 1. The van der Waals surface area contributed by atoms with Gasteiger partial charge in [0.05, 0.1) is 5.56 Å². The van der Waals surface area contributed by atoms with Crippen LogP contribution in [0.3, 0.4) is 0 Å². The number of amides is 1. The molecular weight excluding hydrogens is 242 g/mol. The van der Waals surface area contributed by atoms with Gasteiger partial charge in [-0.2, -0.15) is 0 Å². The number of likely N-dealkylation sites (tertiary alicyclic amines) is 1. The number of hydrogen-bond acceptors (Lipinski definition) is 2. The van der Waals surface area contributed by atoms with Crippen LogP contribution < -0.4 is 0 Å². The summed E-state index contributed by atoms with van der Waals surface area (Å²) < 4.78 is 0. The van der Waals surface area contributed by atoms with Crippen molar-refractivity contribution in [1.29, 1.82) is 0 Å². The maximum absolute atomic E-state index is 12.3. The van der Waals surface area contributed by atoms with Crippen LogP contribution in [0.25, 0.3) is 0 Å². The molecule has 1 aromatic rings. The number of benzene rings is 1. The van der Waals surface area contributed by atoms with Crippen LogP contribution in [0.2, 0.25) is 0 Å². The van der Waals surface area contributed by atoms with E-state index in [1.165, 1.54) is 18.6 Å². The summed E-state index contributed by atoms with van der Waals surface area (Å²) in [5.74, 6) is -0.367. The van der Waals surface area contributed by atoms with E-state index in [4.69, 9.17) is 5.11 Å². The quantitative estimate of drug-likeness (QED) is 0.910. The Morgan fingerprint density at radius 1 is 1.26 bits per heavy atom. The van der Waals surface area contributed by atoms with Gasteiger partial charge in [-0.05, 0) is 43.0 Å². The molecule has 1 amide bonds. The van der Waals surface area contributed by atoms with Gasteiger partial charge in [-0.25, -0.2) is 4.79 Å². The fourth-order valence-corrected chi connectivity index (χ4v) is 2.52. The van der Waals surface area contributed by atoms with Crippen molar-refractivity contribution in [3.63, 3.8) is 0 Å². The zero-order valence-corrected chi connectivity index (χ0v) is 11.1. The highest BCUT2D eigenvalue weighted by Gasteiger charge is 2.23. The second kappa shape index (κ2) is 5.87. The van der Waals surface area contributed by atoms with Gasteiger partial charge in [0.15, 0.2) is 0 Å². The Kier molecular flexibility index (Phi) is 4.20. The van der Waals surface area contributed by atoms with Crippen LogP contribution >= 0.6 is 0 Å². The third-order valence-corrected chi connectivity index (χ3v) is 3.76. The van der Waals surface area contributed by atoms with E-state index in [9.17, 15) is 9.59 Å². The summed E-state index contributed by atoms with van der Waals surface area (Å²) in [7, 11) is 0. The lowest BCUT2D eigenvalue weighted by Gasteiger charge is -2.32. The Labute approximate surface area is 113 Å². The van der Waals surface area contributed by atoms with Crippen molar-refractivity contribution in [3.8, 4) is 0 Å². The Bertz CT molecular complexity index is 467. The van der Waals surface area contributed by atoms with E-state index >= 15 is 0 Å². The summed E-state index contributed by atoms with van der Waals surface area (Å²) >= 11 is 0. The molecular formula is C15H19NO3. The average Bonchev–Trinajstić information content (AvgIpc) is 2.46. The van der Waals surface area contributed by atoms with Gasteiger partial charge in [0.25, 0.3) is 5.91 Å². The van der Waals surface area contributed by atoms with E-state index in [0.29, 0.717) is 11.5 Å². The molecule has 1 fully saturated rings. The third-order valence-electron chi connectivity index (χ3n) is 3.76. The predicted octanol–water partition coefficient (Wildman–Crippen LogP) is 2.65. The molecule has 1 unspecified atom stereocenters. The molecule has 1 aliphatic rings. The lowest BCUT2D eigenvalue weighted by Crippen LogP contribution is -2.39. The summed E-state index contributed by atoms with van der Waals surface area (Å²) in [5, 5.41) is 8.83. The van der Waals surface area contributed by atoms with Crippen LogP contribution in [0, 0.1) is 5.92 Å². The van der Waals surface area contributed by atoms with Crippen LogP contribution in [-0.2, 0) is 0 Å². The second-order valence-electron chi connectivity index (χ2n) is 5.05. The van der Waals surface area contributed by atoms with E-state index in [2.05, 4.69) is 6.92 Å². The van der Waals surface area contributed by atoms with Crippen LogP contribution in [-0.4, -0.2) is 35.0 Å². The van der Waals surface area contributed by atoms with Gasteiger partial charge in [0, 0.05) is 18.7 Å². The highest BCUT2D eigenvalue weighted by atomic mass is 16.4. The van der Waals surface area contributed by atoms with Crippen molar-refractivity contribution in [2.75, 3.05) is 13.1 Å². The molecule has 0 bridgehead atoms. The molecule has 2 rings (SSSR count). The molecule has 19 heavy (non-hydrogen) atoms. The smallest absolute Gasteiger partial charge is 0.335 e. The SMILES string of the molecule is CCC1CCCN(C(=O)c2ccc(C(=O)O)cc2)C1. The highest BCUT2D eigenvalue weighted by molar-refractivity contribution is 5.95. The first kappa shape index (κ1) is 13.6. The summed E-state index contributed by atoms with van der Waals surface area (Å²) in [4.78, 5) is 25.0. The summed E-state index contributed by atoms with van der Waals surface area (Å²) in [6.45, 7) is 3.77. The standard InChI is InChI=1S/C15H19NO3/c1-2-11-4-3-9-16(10-11)14(17)12-5-7-13(8-6-12)15(18)19/h5-8,11H,2-4,9-10H2,1H3,(H,18,19). The molecule has 0 aliphatic carbocycles. The van der Waals surface area contributed by atoms with Gasteiger partial charge >= 0.3 is 5.97 Å². The van der Waals surface area contributed by atoms with Crippen molar-refractivity contribution >= 4 is 11.9 Å². The van der Waals surface area contributed by atoms with Crippen LogP contribution in [0.15, 0.2) is 24.3 Å². The van der Waals surface area contributed by atoms with Gasteiger partial charge in [-0.15, -0.1) is 0 Å². The minimum absolute atomic E-state index is 0.00934. The summed E-state index contributed by atoms with van der Waals surface area (Å²) in [5.41, 5.74) is 0.781. The molecule has 0 aromatic heterocycles. The minimum atomic E-state index is -0.969. The zero-order valence-electron chi connectivity index (χ0n) is 11.1. The van der Waals surface area contributed by atoms with Crippen molar-refractivity contribution in [1.82, 2.24) is 4.90 Å². The number of carboxylic acids is 1. The number of carbonyl (C=O) groups is 2. The molecule has 0 saturated carbocycles. The number of aromatic carboxylic acids is 1. The van der Waals surface area contributed by atoms with Crippen molar-refractivity contribution < 1.29 is 14.7 Å². The van der Waals surface area contributed by atoms with Crippen LogP contribution in [0.5, 0.6) is 0 Å². The first-order valence-electron chi connectivity index (χ1n) is 6.74. The van der Waals surface area contributed by atoms with Gasteiger partial charge in [-0.1, -0.05) is 13.3 Å². The maximum Gasteiger partial charge on any atom is 0.335 e. The largest absolute Gasteiger partial charge is 0.478 e. The molecule has 1 N–H and O–H groups in total. The summed E-state index contributed by atoms with van der Waals surface area (Å²) in [6, 6.07) is 6.16. The van der Waals surface area contributed by atoms with Gasteiger partial charge in [0.2, 0.25) is 0 Å². The molecule has 4 nitrogen and oxygen atoms in total. The topological polar surface area (TPSA) is 57.6 Å². The first-order chi connectivity index (χ1) is 9.11. The molecule has 1 heterocycles. The molecule has 0 radical (unpaired) electrons. The monoisotopic (exact) mass is 261 g/mol. The normalized spacial score (nSPS) is 19.2. The van der Waals surface area contributed by atoms with Gasteiger partial charge in [-0.3, -0.25) is 4.79 Å². The summed E-state index contributed by atoms with van der Waals surface area (Å²) in [6.07, 6.45) is 3.34. The fourth-order valence-electron chi connectivity index (χ4n) is 2.52. The fraction of sp³-hybridized carbons (Fsp3) is 0.467. The van der Waals surface area contributed by atoms with Crippen LogP contribution in [0.1, 0.15) is 46.9 Å². The zero-order chi connectivity index (χ0) is 13.8. The lowest BCUT2D eigenvalue weighted by molar-refractivity contribution is 0.0665. The third kappa shape index (κ3) is 3.13. The first-order valence-corrected chi connectivity index (χ1v) is 6.74. The number of carbonyl (C=O) groups excluding carboxylic acids is 1. The Balaban J connectivity index is 2.08. The molecule has 1 aliphatic heterocycles.